The highest BCUT2D eigenvalue weighted by molar-refractivity contribution is 5.99. The number of hydrogen-bond acceptors (Lipinski definition) is 6. The molecule has 0 spiro atoms. The van der Waals surface area contributed by atoms with E-state index in [0.29, 0.717) is 22.9 Å². The van der Waals surface area contributed by atoms with Gasteiger partial charge in [0.25, 0.3) is 5.91 Å². The zero-order valence-electron chi connectivity index (χ0n) is 10.7. The number of amides is 1. The molecular weight excluding hydrogens is 246 g/mol. The minimum atomic E-state index is -0.295. The predicted molar refractivity (Wildman–Crippen MR) is 69.2 cm³/mol. The summed E-state index contributed by atoms with van der Waals surface area (Å²) in [5.41, 5.74) is 4.14. The van der Waals surface area contributed by atoms with Crippen LogP contribution in [-0.2, 0) is 6.54 Å². The van der Waals surface area contributed by atoms with Crippen LogP contribution in [-0.4, -0.2) is 15.9 Å². The number of aryl methyl sites for hydroxylation is 2. The molecule has 0 aliphatic heterocycles. The van der Waals surface area contributed by atoms with Crippen LogP contribution in [0.5, 0.6) is 0 Å². The van der Waals surface area contributed by atoms with Gasteiger partial charge in [-0.05, 0) is 19.9 Å². The zero-order chi connectivity index (χ0) is 13.8. The second-order valence-electron chi connectivity index (χ2n) is 4.06. The lowest BCUT2D eigenvalue weighted by atomic mass is 10.2. The van der Waals surface area contributed by atoms with Crippen molar-refractivity contribution in [3.05, 3.63) is 41.4 Å². The summed E-state index contributed by atoms with van der Waals surface area (Å²) < 4.78 is 5.26. The lowest BCUT2D eigenvalue weighted by Crippen LogP contribution is -2.25. The maximum absolute atomic E-state index is 12.0. The number of rotatable bonds is 4. The fraction of sp³-hybridized carbons (Fsp3) is 0.250. The van der Waals surface area contributed by atoms with Crippen LogP contribution in [0.1, 0.15) is 27.7 Å². The predicted octanol–water partition coefficient (Wildman–Crippen LogP) is 0.902. The van der Waals surface area contributed by atoms with Crippen LogP contribution < -0.4 is 16.6 Å². The quantitative estimate of drug-likeness (QED) is 0.557. The van der Waals surface area contributed by atoms with Gasteiger partial charge in [0.15, 0.2) is 0 Å². The van der Waals surface area contributed by atoms with Crippen molar-refractivity contribution in [2.24, 2.45) is 5.84 Å². The van der Waals surface area contributed by atoms with Crippen molar-refractivity contribution in [1.82, 2.24) is 15.3 Å². The second-order valence-corrected chi connectivity index (χ2v) is 4.06. The standard InChI is InChI=1S/C12H15N5O2/c1-7-3-10(17-13)9(5-14-7)12(18)16-6-11-15-4-8(2)19-11/h3-5H,6,13H2,1-2H3,(H,14,17)(H,16,18). The highest BCUT2D eigenvalue weighted by atomic mass is 16.4. The summed E-state index contributed by atoms with van der Waals surface area (Å²) in [6.07, 6.45) is 3.07. The number of carbonyl (C=O) groups is 1. The molecule has 2 heterocycles. The highest BCUT2D eigenvalue weighted by Gasteiger charge is 2.12. The first-order valence-corrected chi connectivity index (χ1v) is 5.73. The molecule has 1 amide bonds. The first-order valence-electron chi connectivity index (χ1n) is 5.73. The average Bonchev–Trinajstić information content (AvgIpc) is 2.81. The van der Waals surface area contributed by atoms with Crippen LogP contribution >= 0.6 is 0 Å². The van der Waals surface area contributed by atoms with E-state index in [0.717, 1.165) is 5.69 Å². The third-order valence-electron chi connectivity index (χ3n) is 2.51. The molecular formula is C12H15N5O2. The van der Waals surface area contributed by atoms with Gasteiger partial charge in [-0.15, -0.1) is 0 Å². The van der Waals surface area contributed by atoms with Gasteiger partial charge in [-0.2, -0.15) is 0 Å². The smallest absolute Gasteiger partial charge is 0.255 e. The Hall–Kier alpha value is -2.41. The van der Waals surface area contributed by atoms with Crippen molar-refractivity contribution in [2.45, 2.75) is 20.4 Å². The van der Waals surface area contributed by atoms with Crippen molar-refractivity contribution < 1.29 is 9.21 Å². The van der Waals surface area contributed by atoms with Gasteiger partial charge in [0.1, 0.15) is 5.76 Å². The number of nitrogen functional groups attached to an aromatic ring is 1. The topological polar surface area (TPSA) is 106 Å². The lowest BCUT2D eigenvalue weighted by molar-refractivity contribution is 0.0947. The Bertz CT molecular complexity index is 594. The van der Waals surface area contributed by atoms with Gasteiger partial charge in [0.05, 0.1) is 24.0 Å². The van der Waals surface area contributed by atoms with Crippen LogP contribution in [0.3, 0.4) is 0 Å². The summed E-state index contributed by atoms with van der Waals surface area (Å²) in [5, 5.41) is 2.69. The number of aromatic nitrogens is 2. The molecule has 2 rings (SSSR count). The zero-order valence-corrected chi connectivity index (χ0v) is 10.7. The van der Waals surface area contributed by atoms with Crippen LogP contribution in [0, 0.1) is 13.8 Å². The SMILES string of the molecule is Cc1cc(NN)c(C(=O)NCc2ncc(C)o2)cn1. The van der Waals surface area contributed by atoms with E-state index in [9.17, 15) is 4.79 Å². The Kier molecular flexibility index (Phi) is 3.76. The summed E-state index contributed by atoms with van der Waals surface area (Å²) in [5.74, 6) is 6.24. The second kappa shape index (κ2) is 5.49. The normalized spacial score (nSPS) is 10.3. The maximum Gasteiger partial charge on any atom is 0.255 e. The summed E-state index contributed by atoms with van der Waals surface area (Å²) in [6, 6.07) is 1.70. The summed E-state index contributed by atoms with van der Waals surface area (Å²) in [4.78, 5) is 20.1. The van der Waals surface area contributed by atoms with Gasteiger partial charge in [-0.25, -0.2) is 4.98 Å². The number of nitrogens with two attached hydrogens (primary N) is 1. The van der Waals surface area contributed by atoms with Gasteiger partial charge in [0, 0.05) is 11.9 Å². The number of nitrogens with zero attached hydrogens (tertiary/aromatic N) is 2. The molecule has 0 radical (unpaired) electrons. The maximum atomic E-state index is 12.0. The summed E-state index contributed by atoms with van der Waals surface area (Å²) in [6.45, 7) is 3.82. The Labute approximate surface area is 110 Å². The number of anilines is 1. The highest BCUT2D eigenvalue weighted by Crippen LogP contribution is 2.14. The third kappa shape index (κ3) is 3.08. The van der Waals surface area contributed by atoms with Crippen LogP contribution in [0.25, 0.3) is 0 Å². The van der Waals surface area contributed by atoms with Crippen molar-refractivity contribution >= 4 is 11.6 Å². The number of pyridine rings is 1. The molecule has 0 atom stereocenters. The largest absolute Gasteiger partial charge is 0.444 e. The van der Waals surface area contributed by atoms with Crippen molar-refractivity contribution in [3.63, 3.8) is 0 Å². The van der Waals surface area contributed by atoms with Crippen molar-refractivity contribution in [2.75, 3.05) is 5.43 Å². The number of oxazole rings is 1. The van der Waals surface area contributed by atoms with E-state index in [1.54, 1.807) is 19.2 Å². The molecule has 0 fully saturated rings. The fourth-order valence-electron chi connectivity index (χ4n) is 1.59. The Balaban J connectivity index is 2.07. The Morgan fingerprint density at radius 2 is 2.16 bits per heavy atom. The molecule has 2 aromatic heterocycles. The molecule has 19 heavy (non-hydrogen) atoms. The van der Waals surface area contributed by atoms with Gasteiger partial charge >= 0.3 is 0 Å². The van der Waals surface area contributed by atoms with Crippen molar-refractivity contribution in [1.29, 1.82) is 0 Å². The molecule has 0 bridgehead atoms. The van der Waals surface area contributed by atoms with E-state index >= 15 is 0 Å². The van der Waals surface area contributed by atoms with Crippen LogP contribution in [0.15, 0.2) is 22.9 Å². The van der Waals surface area contributed by atoms with Crippen LogP contribution in [0.4, 0.5) is 5.69 Å². The molecule has 100 valence electrons. The summed E-state index contributed by atoms with van der Waals surface area (Å²) >= 11 is 0. The van der Waals surface area contributed by atoms with E-state index < -0.39 is 0 Å². The van der Waals surface area contributed by atoms with E-state index in [-0.39, 0.29) is 12.5 Å². The van der Waals surface area contributed by atoms with Crippen LogP contribution in [0.2, 0.25) is 0 Å². The molecule has 2 aromatic rings. The van der Waals surface area contributed by atoms with E-state index in [4.69, 9.17) is 10.3 Å². The molecule has 0 saturated heterocycles. The van der Waals surface area contributed by atoms with E-state index in [1.165, 1.54) is 6.20 Å². The summed E-state index contributed by atoms with van der Waals surface area (Å²) in [7, 11) is 0. The minimum Gasteiger partial charge on any atom is -0.444 e. The number of carbonyl (C=O) groups excluding carboxylic acids is 1. The average molecular weight is 261 g/mol. The molecule has 0 unspecified atom stereocenters. The molecule has 0 aliphatic rings. The molecule has 0 aromatic carbocycles. The molecule has 7 nitrogen and oxygen atoms in total. The molecule has 4 N–H and O–H groups in total. The van der Waals surface area contributed by atoms with Gasteiger partial charge in [0.2, 0.25) is 5.89 Å². The van der Waals surface area contributed by atoms with Gasteiger partial charge in [-0.3, -0.25) is 15.6 Å². The van der Waals surface area contributed by atoms with E-state index in [1.807, 2.05) is 6.92 Å². The molecule has 0 saturated carbocycles. The minimum absolute atomic E-state index is 0.213. The van der Waals surface area contributed by atoms with Gasteiger partial charge in [-0.1, -0.05) is 0 Å². The first-order chi connectivity index (χ1) is 9.10. The van der Waals surface area contributed by atoms with E-state index in [2.05, 4.69) is 20.7 Å². The Morgan fingerprint density at radius 3 is 2.79 bits per heavy atom. The Morgan fingerprint density at radius 1 is 1.37 bits per heavy atom. The van der Waals surface area contributed by atoms with Gasteiger partial charge < -0.3 is 15.2 Å². The molecule has 0 aliphatic carbocycles. The fourth-order valence-corrected chi connectivity index (χ4v) is 1.59. The molecule has 7 heteroatoms. The lowest BCUT2D eigenvalue weighted by Gasteiger charge is -2.08. The number of nitrogens with one attached hydrogen (secondary N) is 2. The number of hydrogen-bond donors (Lipinski definition) is 3. The van der Waals surface area contributed by atoms with Crippen molar-refractivity contribution in [3.8, 4) is 0 Å². The number of hydrazine groups is 1. The third-order valence-corrected chi connectivity index (χ3v) is 2.51. The monoisotopic (exact) mass is 261 g/mol. The first kappa shape index (κ1) is 13.0.